The molecule has 0 amide bonds. The molecule has 4 nitrogen and oxygen atoms in total. The van der Waals surface area contributed by atoms with E-state index in [1.165, 1.54) is 0 Å². The maximum Gasteiger partial charge on any atom is 0.208 e. The van der Waals surface area contributed by atoms with E-state index in [1.54, 1.807) is 0 Å². The average molecular weight is 326 g/mol. The number of rotatable bonds is 9. The van der Waals surface area contributed by atoms with Gasteiger partial charge in [-0.1, -0.05) is 55.4 Å². The Balaban J connectivity index is 4.53. The molecule has 0 aliphatic carbocycles. The molecule has 0 aliphatic heterocycles. The fraction of sp³-hybridized carbons (Fsp3) is 1.00. The zero-order valence-corrected chi connectivity index (χ0v) is 16.0. The van der Waals surface area contributed by atoms with Crippen LogP contribution in [0.4, 0.5) is 0 Å². The van der Waals surface area contributed by atoms with E-state index in [0.29, 0.717) is 0 Å². The van der Waals surface area contributed by atoms with Gasteiger partial charge in [0, 0.05) is 22.6 Å². The van der Waals surface area contributed by atoms with Crippen molar-refractivity contribution in [3.05, 3.63) is 0 Å². The summed E-state index contributed by atoms with van der Waals surface area (Å²) in [5, 5.41) is 0. The van der Waals surface area contributed by atoms with Gasteiger partial charge in [0.25, 0.3) is 0 Å². The molecule has 0 saturated heterocycles. The lowest BCUT2D eigenvalue weighted by molar-refractivity contribution is 0.212. The minimum Gasteiger partial charge on any atom is -0.326 e. The molecule has 0 spiro atoms. The van der Waals surface area contributed by atoms with Gasteiger partial charge in [0.2, 0.25) is 14.7 Å². The second-order valence-corrected chi connectivity index (χ2v) is 13.6. The topological polar surface area (TPSA) is 52.6 Å². The molecule has 0 aromatic rings. The van der Waals surface area contributed by atoms with Crippen molar-refractivity contribution in [2.45, 2.75) is 78.0 Å². The van der Waals surface area contributed by atoms with Crippen molar-refractivity contribution in [2.75, 3.05) is 13.2 Å². The summed E-state index contributed by atoms with van der Waals surface area (Å²) in [5.41, 5.74) is -0.0389. The maximum atomic E-state index is 12.7. The third kappa shape index (κ3) is 4.98. The predicted molar refractivity (Wildman–Crippen MR) is 87.7 cm³/mol. The van der Waals surface area contributed by atoms with E-state index in [0.717, 1.165) is 0 Å². The molecule has 0 radical (unpaired) electrons. The summed E-state index contributed by atoms with van der Waals surface area (Å²) in [5.74, 6) is 0. The highest BCUT2D eigenvalue weighted by Crippen LogP contribution is 2.57. The van der Waals surface area contributed by atoms with Gasteiger partial charge in [-0.25, -0.2) is 0 Å². The maximum absolute atomic E-state index is 12.7. The zero-order chi connectivity index (χ0) is 16.1. The fourth-order valence-corrected chi connectivity index (χ4v) is 6.45. The third-order valence-electron chi connectivity index (χ3n) is 3.55. The Labute approximate surface area is 124 Å². The third-order valence-corrected chi connectivity index (χ3v) is 10.5. The number of hydrogen-bond donors (Lipinski definition) is 0. The van der Waals surface area contributed by atoms with E-state index < -0.39 is 14.7 Å². The van der Waals surface area contributed by atoms with Crippen LogP contribution in [0.5, 0.6) is 0 Å². The molecule has 122 valence electrons. The van der Waals surface area contributed by atoms with Crippen LogP contribution in [0, 0.1) is 0 Å². The van der Waals surface area contributed by atoms with Crippen LogP contribution in [-0.4, -0.2) is 35.8 Å². The molecule has 0 bridgehead atoms. The number of hydrogen-bond acceptors (Lipinski definition) is 4. The first-order valence-electron chi connectivity index (χ1n) is 7.46. The second-order valence-electron chi connectivity index (χ2n) is 6.33. The smallest absolute Gasteiger partial charge is 0.208 e. The zero-order valence-electron chi connectivity index (χ0n) is 14.3. The lowest BCUT2D eigenvalue weighted by Crippen LogP contribution is -2.16. The van der Waals surface area contributed by atoms with Gasteiger partial charge in [0.15, 0.2) is 0 Å². The molecule has 0 aliphatic rings. The Kier molecular flexibility index (Phi) is 8.28. The molecule has 0 N–H and O–H groups in total. The van der Waals surface area contributed by atoms with Crippen LogP contribution in [0.2, 0.25) is 0 Å². The predicted octanol–water partition coefficient (Wildman–Crippen LogP) is 5.21. The van der Waals surface area contributed by atoms with Crippen LogP contribution in [0.3, 0.4) is 0 Å². The van der Waals surface area contributed by atoms with E-state index in [4.69, 9.17) is 9.05 Å². The van der Waals surface area contributed by atoms with Crippen molar-refractivity contribution in [1.29, 1.82) is 0 Å². The van der Waals surface area contributed by atoms with Crippen LogP contribution in [0.15, 0.2) is 0 Å². The Morgan fingerprint density at radius 3 is 0.950 bits per heavy atom. The lowest BCUT2D eigenvalue weighted by atomic mass is 10.5. The molecule has 0 aromatic heterocycles. The Morgan fingerprint density at radius 2 is 0.800 bits per heavy atom. The van der Waals surface area contributed by atoms with Crippen molar-refractivity contribution in [3.63, 3.8) is 0 Å². The molecular formula is C14H32O4P2. The highest BCUT2D eigenvalue weighted by molar-refractivity contribution is 7.60. The normalized spacial score (nSPS) is 14.0. The van der Waals surface area contributed by atoms with E-state index in [9.17, 15) is 9.13 Å². The first-order chi connectivity index (χ1) is 8.98. The molecule has 0 aromatic carbocycles. The largest absolute Gasteiger partial charge is 0.326 e. The molecule has 6 heteroatoms. The quantitative estimate of drug-likeness (QED) is 0.431. The van der Waals surface area contributed by atoms with Crippen molar-refractivity contribution in [2.24, 2.45) is 0 Å². The summed E-state index contributed by atoms with van der Waals surface area (Å²) >= 11 is 0. The summed E-state index contributed by atoms with van der Waals surface area (Å²) in [6.07, 6.45) is 0. The fourth-order valence-electron chi connectivity index (χ4n) is 2.15. The summed E-state index contributed by atoms with van der Waals surface area (Å²) in [4.78, 5) is 0. The van der Waals surface area contributed by atoms with Crippen molar-refractivity contribution >= 4 is 14.7 Å². The lowest BCUT2D eigenvalue weighted by Gasteiger charge is -2.28. The molecule has 0 atom stereocenters. The second kappa shape index (κ2) is 8.13. The van der Waals surface area contributed by atoms with Gasteiger partial charge in [-0.05, 0) is 0 Å². The first kappa shape index (κ1) is 20.4. The molecule has 20 heavy (non-hydrogen) atoms. The van der Waals surface area contributed by atoms with Gasteiger partial charge in [0.05, 0.1) is 13.2 Å². The van der Waals surface area contributed by atoms with Gasteiger partial charge in [0.1, 0.15) is 0 Å². The Hall–Kier alpha value is 0.380. The molecular weight excluding hydrogens is 294 g/mol. The summed E-state index contributed by atoms with van der Waals surface area (Å²) in [7, 11) is -5.32. The van der Waals surface area contributed by atoms with Crippen molar-refractivity contribution in [3.8, 4) is 0 Å². The minimum absolute atomic E-state index is 0.00972. The molecule has 0 fully saturated rings. The Morgan fingerprint density at radius 1 is 0.600 bits per heavy atom. The molecule has 0 saturated carbocycles. The van der Waals surface area contributed by atoms with Gasteiger partial charge in [-0.2, -0.15) is 0 Å². The van der Waals surface area contributed by atoms with Gasteiger partial charge in [-0.15, -0.1) is 0 Å². The monoisotopic (exact) mass is 326 g/mol. The van der Waals surface area contributed by atoms with E-state index in [1.807, 2.05) is 55.4 Å². The molecule has 0 unspecified atom stereocenters. The first-order valence-corrected chi connectivity index (χ1v) is 11.0. The summed E-state index contributed by atoms with van der Waals surface area (Å²) in [6, 6.07) is 0. The highest BCUT2D eigenvalue weighted by atomic mass is 31.2. The van der Waals surface area contributed by atoms with E-state index >= 15 is 0 Å². The van der Waals surface area contributed by atoms with Crippen LogP contribution in [0.25, 0.3) is 0 Å². The molecule has 0 rings (SSSR count). The standard InChI is InChI=1S/C14H32O4P2/c1-11(2)19(15,12(3)4)17-9-10-18-20(16,13(5)6)14(7)8/h11-14H,9-10H2,1-8H3. The van der Waals surface area contributed by atoms with Gasteiger partial charge < -0.3 is 9.05 Å². The summed E-state index contributed by atoms with van der Waals surface area (Å²) < 4.78 is 36.5. The molecule has 0 heterocycles. The van der Waals surface area contributed by atoms with Crippen LogP contribution >= 0.6 is 14.7 Å². The van der Waals surface area contributed by atoms with E-state index in [2.05, 4.69) is 0 Å². The van der Waals surface area contributed by atoms with Crippen LogP contribution in [-0.2, 0) is 18.2 Å². The average Bonchev–Trinajstić information content (AvgIpc) is 2.32. The Bertz CT molecular complexity index is 315. The van der Waals surface area contributed by atoms with E-state index in [-0.39, 0.29) is 35.8 Å². The van der Waals surface area contributed by atoms with Gasteiger partial charge >= 0.3 is 0 Å². The van der Waals surface area contributed by atoms with Crippen LogP contribution < -0.4 is 0 Å². The SMILES string of the molecule is CC(C)P(=O)(OCCOP(=O)(C(C)C)C(C)C)C(C)C. The van der Waals surface area contributed by atoms with Crippen molar-refractivity contribution in [1.82, 2.24) is 0 Å². The minimum atomic E-state index is -2.66. The van der Waals surface area contributed by atoms with Gasteiger partial charge in [-0.3, -0.25) is 9.13 Å². The summed E-state index contributed by atoms with van der Waals surface area (Å²) in [6.45, 7) is 15.8. The highest BCUT2D eigenvalue weighted by Gasteiger charge is 2.33. The van der Waals surface area contributed by atoms with Crippen LogP contribution in [0.1, 0.15) is 55.4 Å². The van der Waals surface area contributed by atoms with Crippen molar-refractivity contribution < 1.29 is 18.2 Å².